The van der Waals surface area contributed by atoms with Crippen LogP contribution in [0.25, 0.3) is 0 Å². The van der Waals surface area contributed by atoms with Crippen LogP contribution in [-0.4, -0.2) is 43.3 Å². The number of benzene rings is 3. The smallest absolute Gasteiger partial charge is 0.262 e. The van der Waals surface area contributed by atoms with E-state index in [1.54, 1.807) is 44.6 Å². The molecule has 7 heteroatoms. The molecule has 0 aliphatic carbocycles. The molecule has 0 spiro atoms. The zero-order valence-corrected chi connectivity index (χ0v) is 18.8. The molecule has 0 saturated carbocycles. The number of nitrogens with zero attached hydrogens (tertiary/aromatic N) is 1. The molecule has 0 radical (unpaired) electrons. The standard InChI is InChI=1S/C26H28N2O5/c1-31-23-8-5-21(6-9-23)27-26(30)17-33-24-10-3-18(13-25(24)32-2)15-28-12-11-19-4-7-22(29)14-20(19)16-28/h3-10,13-14,29H,11-12,15-17H2,1-2H3,(H,27,30). The summed E-state index contributed by atoms with van der Waals surface area (Å²) in [7, 11) is 3.18. The third-order valence-electron chi connectivity index (χ3n) is 5.65. The summed E-state index contributed by atoms with van der Waals surface area (Å²) in [5.74, 6) is 1.86. The zero-order chi connectivity index (χ0) is 23.2. The lowest BCUT2D eigenvalue weighted by Gasteiger charge is -2.29. The highest BCUT2D eigenvalue weighted by atomic mass is 16.5. The van der Waals surface area contributed by atoms with Gasteiger partial charge < -0.3 is 24.6 Å². The predicted octanol–water partition coefficient (Wildman–Crippen LogP) is 3.99. The average Bonchev–Trinajstić information content (AvgIpc) is 2.83. The van der Waals surface area contributed by atoms with Crippen molar-refractivity contribution in [2.24, 2.45) is 0 Å². The predicted molar refractivity (Wildman–Crippen MR) is 126 cm³/mol. The number of aromatic hydroxyl groups is 1. The van der Waals surface area contributed by atoms with Crippen LogP contribution >= 0.6 is 0 Å². The molecule has 1 aliphatic heterocycles. The number of anilines is 1. The summed E-state index contributed by atoms with van der Waals surface area (Å²) in [6.07, 6.45) is 0.956. The Morgan fingerprint density at radius 2 is 1.79 bits per heavy atom. The van der Waals surface area contributed by atoms with Gasteiger partial charge in [-0.05, 0) is 71.6 Å². The van der Waals surface area contributed by atoms with Gasteiger partial charge in [0.05, 0.1) is 14.2 Å². The quantitative estimate of drug-likeness (QED) is 0.543. The molecule has 0 bridgehead atoms. The fourth-order valence-corrected chi connectivity index (χ4v) is 3.94. The summed E-state index contributed by atoms with van der Waals surface area (Å²) < 4.78 is 16.3. The van der Waals surface area contributed by atoms with E-state index in [0.29, 0.717) is 22.9 Å². The molecule has 172 valence electrons. The van der Waals surface area contributed by atoms with Gasteiger partial charge in [0, 0.05) is 25.3 Å². The van der Waals surface area contributed by atoms with Gasteiger partial charge in [0.1, 0.15) is 11.5 Å². The number of carbonyl (C=O) groups is 1. The van der Waals surface area contributed by atoms with Gasteiger partial charge >= 0.3 is 0 Å². The van der Waals surface area contributed by atoms with Gasteiger partial charge in [-0.25, -0.2) is 0 Å². The van der Waals surface area contributed by atoms with Gasteiger partial charge in [-0.1, -0.05) is 12.1 Å². The molecule has 0 fully saturated rings. The van der Waals surface area contributed by atoms with E-state index in [0.717, 1.165) is 42.9 Å². The molecule has 1 aliphatic rings. The Kier molecular flexibility index (Phi) is 7.00. The van der Waals surface area contributed by atoms with Crippen molar-refractivity contribution in [3.63, 3.8) is 0 Å². The second kappa shape index (κ2) is 10.3. The number of ether oxygens (including phenoxy) is 3. The topological polar surface area (TPSA) is 80.3 Å². The van der Waals surface area contributed by atoms with Crippen LogP contribution in [0.15, 0.2) is 60.7 Å². The normalized spacial score (nSPS) is 13.2. The van der Waals surface area contributed by atoms with Crippen molar-refractivity contribution in [3.05, 3.63) is 77.4 Å². The molecule has 4 rings (SSSR count). The number of hydrogen-bond acceptors (Lipinski definition) is 6. The minimum absolute atomic E-state index is 0.131. The summed E-state index contributed by atoms with van der Waals surface area (Å²) in [5.41, 5.74) is 4.21. The Hall–Kier alpha value is -3.71. The number of rotatable bonds is 8. The molecule has 1 amide bonds. The van der Waals surface area contributed by atoms with Crippen molar-refractivity contribution >= 4 is 11.6 Å². The lowest BCUT2D eigenvalue weighted by Crippen LogP contribution is -2.30. The highest BCUT2D eigenvalue weighted by Crippen LogP contribution is 2.30. The van der Waals surface area contributed by atoms with E-state index in [2.05, 4.69) is 10.2 Å². The van der Waals surface area contributed by atoms with Gasteiger partial charge in [-0.3, -0.25) is 9.69 Å². The van der Waals surface area contributed by atoms with Crippen LogP contribution in [0.2, 0.25) is 0 Å². The molecule has 0 aromatic heterocycles. The maximum Gasteiger partial charge on any atom is 0.262 e. The first-order valence-electron chi connectivity index (χ1n) is 10.8. The Bertz CT molecular complexity index is 1110. The van der Waals surface area contributed by atoms with E-state index < -0.39 is 0 Å². The number of phenolic OH excluding ortho intramolecular Hbond substituents is 1. The molecule has 0 unspecified atom stereocenters. The minimum Gasteiger partial charge on any atom is -0.508 e. The van der Waals surface area contributed by atoms with E-state index in [1.165, 1.54) is 5.56 Å². The van der Waals surface area contributed by atoms with Gasteiger partial charge in [0.2, 0.25) is 0 Å². The van der Waals surface area contributed by atoms with Crippen molar-refractivity contribution < 1.29 is 24.1 Å². The molecule has 0 atom stereocenters. The summed E-state index contributed by atoms with van der Waals surface area (Å²) in [5, 5.41) is 12.6. The van der Waals surface area contributed by atoms with Crippen LogP contribution in [0.4, 0.5) is 5.69 Å². The molecule has 7 nitrogen and oxygen atoms in total. The Labute approximate surface area is 193 Å². The SMILES string of the molecule is COc1ccc(NC(=O)COc2ccc(CN3CCc4ccc(O)cc4C3)cc2OC)cc1. The third-order valence-corrected chi connectivity index (χ3v) is 5.65. The minimum atomic E-state index is -0.262. The number of amides is 1. The van der Waals surface area contributed by atoms with E-state index in [4.69, 9.17) is 14.2 Å². The second-order valence-electron chi connectivity index (χ2n) is 7.96. The molecule has 3 aromatic rings. The van der Waals surface area contributed by atoms with E-state index in [-0.39, 0.29) is 12.5 Å². The monoisotopic (exact) mass is 448 g/mol. The largest absolute Gasteiger partial charge is 0.508 e. The summed E-state index contributed by atoms with van der Waals surface area (Å²) in [6.45, 7) is 2.36. The maximum atomic E-state index is 12.3. The van der Waals surface area contributed by atoms with Crippen LogP contribution in [0.5, 0.6) is 23.0 Å². The zero-order valence-electron chi connectivity index (χ0n) is 18.8. The third kappa shape index (κ3) is 5.75. The molecule has 2 N–H and O–H groups in total. The van der Waals surface area contributed by atoms with Gasteiger partial charge in [-0.2, -0.15) is 0 Å². The first-order chi connectivity index (χ1) is 16.0. The van der Waals surface area contributed by atoms with Crippen molar-refractivity contribution in [3.8, 4) is 23.0 Å². The summed E-state index contributed by atoms with van der Waals surface area (Å²) in [6, 6.07) is 18.4. The molecule has 1 heterocycles. The van der Waals surface area contributed by atoms with Crippen molar-refractivity contribution in [2.45, 2.75) is 19.5 Å². The maximum absolute atomic E-state index is 12.3. The van der Waals surface area contributed by atoms with Gasteiger partial charge in [-0.15, -0.1) is 0 Å². The van der Waals surface area contributed by atoms with E-state index >= 15 is 0 Å². The number of fused-ring (bicyclic) bond motifs is 1. The van der Waals surface area contributed by atoms with Crippen molar-refractivity contribution in [2.75, 3.05) is 32.7 Å². The van der Waals surface area contributed by atoms with Crippen molar-refractivity contribution in [1.82, 2.24) is 4.90 Å². The van der Waals surface area contributed by atoms with Crippen molar-refractivity contribution in [1.29, 1.82) is 0 Å². The first kappa shape index (κ1) is 22.5. The molecular formula is C26H28N2O5. The highest BCUT2D eigenvalue weighted by molar-refractivity contribution is 5.91. The number of carbonyl (C=O) groups excluding carboxylic acids is 1. The van der Waals surface area contributed by atoms with Crippen LogP contribution in [0.3, 0.4) is 0 Å². The van der Waals surface area contributed by atoms with Crippen LogP contribution in [0.1, 0.15) is 16.7 Å². The fourth-order valence-electron chi connectivity index (χ4n) is 3.94. The van der Waals surface area contributed by atoms with E-state index in [1.807, 2.05) is 30.3 Å². The lowest BCUT2D eigenvalue weighted by molar-refractivity contribution is -0.118. The second-order valence-corrected chi connectivity index (χ2v) is 7.96. The first-order valence-corrected chi connectivity index (χ1v) is 10.8. The van der Waals surface area contributed by atoms with Gasteiger partial charge in [0.25, 0.3) is 5.91 Å². The van der Waals surface area contributed by atoms with E-state index in [9.17, 15) is 9.90 Å². The molecule has 33 heavy (non-hydrogen) atoms. The average molecular weight is 449 g/mol. The lowest BCUT2D eigenvalue weighted by atomic mass is 9.99. The van der Waals surface area contributed by atoms with Gasteiger partial charge in [0.15, 0.2) is 18.1 Å². The summed E-state index contributed by atoms with van der Waals surface area (Å²) >= 11 is 0. The molecular weight excluding hydrogens is 420 g/mol. The van der Waals surface area contributed by atoms with Crippen LogP contribution in [-0.2, 0) is 24.3 Å². The number of nitrogens with one attached hydrogen (secondary N) is 1. The number of hydrogen-bond donors (Lipinski definition) is 2. The number of phenols is 1. The Morgan fingerprint density at radius 1 is 0.970 bits per heavy atom. The van der Waals surface area contributed by atoms with Crippen LogP contribution in [0, 0.1) is 0 Å². The fraction of sp³-hybridized carbons (Fsp3) is 0.269. The molecule has 0 saturated heterocycles. The highest BCUT2D eigenvalue weighted by Gasteiger charge is 2.18. The number of methoxy groups -OCH3 is 2. The molecule has 3 aromatic carbocycles. The summed E-state index contributed by atoms with van der Waals surface area (Å²) in [4.78, 5) is 14.6. The Morgan fingerprint density at radius 3 is 2.55 bits per heavy atom. The van der Waals surface area contributed by atoms with Crippen LogP contribution < -0.4 is 19.5 Å². The Balaban J connectivity index is 1.34.